The number of rotatable bonds is 6. The molecule has 3 heterocycles. The van der Waals surface area contributed by atoms with E-state index in [0.29, 0.717) is 25.0 Å². The van der Waals surface area contributed by atoms with Gasteiger partial charge in [-0.2, -0.15) is 5.10 Å². The molecule has 0 aliphatic carbocycles. The largest absolute Gasteiger partial charge is 0.359 e. The van der Waals surface area contributed by atoms with Crippen LogP contribution in [0.25, 0.3) is 5.82 Å². The fourth-order valence-electron chi connectivity index (χ4n) is 2.36. The second kappa shape index (κ2) is 10.0. The number of guanidine groups is 1. The van der Waals surface area contributed by atoms with E-state index in [0.717, 1.165) is 22.8 Å². The van der Waals surface area contributed by atoms with Crippen LogP contribution in [0, 0.1) is 0 Å². The van der Waals surface area contributed by atoms with Crippen LogP contribution in [-0.2, 0) is 13.1 Å². The summed E-state index contributed by atoms with van der Waals surface area (Å²) in [7, 11) is 1.73. The molecule has 0 saturated carbocycles. The van der Waals surface area contributed by atoms with Gasteiger partial charge in [0, 0.05) is 38.2 Å². The van der Waals surface area contributed by atoms with Gasteiger partial charge in [0.05, 0.1) is 12.2 Å². The molecule has 0 radical (unpaired) electrons. The molecular formula is C18H24IN7O. The van der Waals surface area contributed by atoms with Crippen molar-refractivity contribution in [2.45, 2.75) is 32.9 Å². The molecule has 3 aromatic rings. The van der Waals surface area contributed by atoms with Crippen molar-refractivity contribution in [3.05, 3.63) is 59.9 Å². The van der Waals surface area contributed by atoms with Gasteiger partial charge in [0.15, 0.2) is 17.5 Å². The van der Waals surface area contributed by atoms with Crippen LogP contribution in [0.2, 0.25) is 0 Å². The Bertz CT molecular complexity index is 858. The Labute approximate surface area is 175 Å². The summed E-state index contributed by atoms with van der Waals surface area (Å²) in [6, 6.07) is 7.77. The van der Waals surface area contributed by atoms with Crippen molar-refractivity contribution in [2.75, 3.05) is 7.05 Å². The third-order valence-electron chi connectivity index (χ3n) is 3.83. The summed E-state index contributed by atoms with van der Waals surface area (Å²) < 4.78 is 7.06. The maximum Gasteiger partial charge on any atom is 0.191 e. The highest BCUT2D eigenvalue weighted by Crippen LogP contribution is 2.13. The molecule has 0 bridgehead atoms. The Kier molecular flexibility index (Phi) is 7.77. The maximum absolute atomic E-state index is 5.33. The monoisotopic (exact) mass is 481 g/mol. The average Bonchev–Trinajstić information content (AvgIpc) is 3.34. The minimum atomic E-state index is 0. The summed E-state index contributed by atoms with van der Waals surface area (Å²) in [6.45, 7) is 5.31. The predicted octanol–water partition coefficient (Wildman–Crippen LogP) is 2.86. The van der Waals surface area contributed by atoms with Gasteiger partial charge < -0.3 is 15.2 Å². The first-order valence-corrected chi connectivity index (χ1v) is 8.50. The molecule has 3 rings (SSSR count). The molecule has 8 nitrogen and oxygen atoms in total. The minimum Gasteiger partial charge on any atom is -0.359 e. The lowest BCUT2D eigenvalue weighted by Gasteiger charge is -2.11. The zero-order valence-electron chi connectivity index (χ0n) is 15.6. The molecule has 0 fully saturated rings. The van der Waals surface area contributed by atoms with Crippen LogP contribution in [0.3, 0.4) is 0 Å². The third-order valence-corrected chi connectivity index (χ3v) is 3.83. The SMILES string of the molecule is CN=C(NCc1ccnc(-n2cccn2)c1)NCc1cc(C(C)C)no1.I. The number of halogens is 1. The summed E-state index contributed by atoms with van der Waals surface area (Å²) in [6.07, 6.45) is 5.36. The molecule has 0 saturated heterocycles. The number of pyridine rings is 1. The lowest BCUT2D eigenvalue weighted by Crippen LogP contribution is -2.36. The van der Waals surface area contributed by atoms with Gasteiger partial charge in [0.2, 0.25) is 0 Å². The molecule has 0 spiro atoms. The number of hydrogen-bond donors (Lipinski definition) is 2. The topological polar surface area (TPSA) is 93.2 Å². The molecule has 0 atom stereocenters. The smallest absolute Gasteiger partial charge is 0.191 e. The molecule has 0 unspecified atom stereocenters. The van der Waals surface area contributed by atoms with Crippen molar-refractivity contribution in [1.82, 2.24) is 30.6 Å². The highest BCUT2D eigenvalue weighted by atomic mass is 127. The first-order valence-electron chi connectivity index (χ1n) is 8.50. The number of aromatic nitrogens is 4. The highest BCUT2D eigenvalue weighted by molar-refractivity contribution is 14.0. The van der Waals surface area contributed by atoms with E-state index in [1.807, 2.05) is 30.5 Å². The van der Waals surface area contributed by atoms with Crippen molar-refractivity contribution in [3.63, 3.8) is 0 Å². The third kappa shape index (κ3) is 5.78. The van der Waals surface area contributed by atoms with Gasteiger partial charge in [0.25, 0.3) is 0 Å². The van der Waals surface area contributed by atoms with E-state index >= 15 is 0 Å². The summed E-state index contributed by atoms with van der Waals surface area (Å²) in [5.41, 5.74) is 2.03. The second-order valence-electron chi connectivity index (χ2n) is 6.13. The summed E-state index contributed by atoms with van der Waals surface area (Å²) in [5, 5.41) is 14.8. The van der Waals surface area contributed by atoms with Gasteiger partial charge >= 0.3 is 0 Å². The molecule has 0 amide bonds. The van der Waals surface area contributed by atoms with Crippen molar-refractivity contribution in [2.24, 2.45) is 4.99 Å². The number of nitrogens with one attached hydrogen (secondary N) is 2. The number of aliphatic imine (C=N–C) groups is 1. The Balaban J connectivity index is 0.00000261. The summed E-state index contributed by atoms with van der Waals surface area (Å²) in [5.74, 6) is 2.59. The van der Waals surface area contributed by atoms with Gasteiger partial charge in [-0.15, -0.1) is 24.0 Å². The Morgan fingerprint density at radius 1 is 1.22 bits per heavy atom. The van der Waals surface area contributed by atoms with Gasteiger partial charge in [-0.05, 0) is 29.7 Å². The summed E-state index contributed by atoms with van der Waals surface area (Å²) in [4.78, 5) is 8.56. The molecular weight excluding hydrogens is 457 g/mol. The zero-order valence-corrected chi connectivity index (χ0v) is 17.9. The fourth-order valence-corrected chi connectivity index (χ4v) is 2.36. The Morgan fingerprint density at radius 2 is 2.04 bits per heavy atom. The lowest BCUT2D eigenvalue weighted by molar-refractivity contribution is 0.372. The first kappa shape index (κ1) is 20.9. The van der Waals surface area contributed by atoms with E-state index in [4.69, 9.17) is 4.52 Å². The van der Waals surface area contributed by atoms with E-state index < -0.39 is 0 Å². The van der Waals surface area contributed by atoms with Gasteiger partial charge in [-0.1, -0.05) is 19.0 Å². The molecule has 0 aliphatic rings. The van der Waals surface area contributed by atoms with Gasteiger partial charge in [-0.3, -0.25) is 4.99 Å². The average molecular weight is 481 g/mol. The van der Waals surface area contributed by atoms with Gasteiger partial charge in [-0.25, -0.2) is 9.67 Å². The van der Waals surface area contributed by atoms with Crippen LogP contribution in [0.15, 0.2) is 52.4 Å². The van der Waals surface area contributed by atoms with Crippen LogP contribution in [0.5, 0.6) is 0 Å². The number of hydrogen-bond acceptors (Lipinski definition) is 5. The highest BCUT2D eigenvalue weighted by Gasteiger charge is 2.08. The van der Waals surface area contributed by atoms with E-state index in [1.165, 1.54) is 0 Å². The van der Waals surface area contributed by atoms with Crippen LogP contribution in [-0.4, -0.2) is 32.9 Å². The van der Waals surface area contributed by atoms with E-state index in [2.05, 4.69) is 44.7 Å². The van der Waals surface area contributed by atoms with Crippen LogP contribution >= 0.6 is 24.0 Å². The first-order chi connectivity index (χ1) is 12.7. The molecule has 0 aliphatic heterocycles. The van der Waals surface area contributed by atoms with Crippen LogP contribution < -0.4 is 10.6 Å². The second-order valence-corrected chi connectivity index (χ2v) is 6.13. The quantitative estimate of drug-likeness (QED) is 0.320. The van der Waals surface area contributed by atoms with Crippen molar-refractivity contribution >= 4 is 29.9 Å². The number of nitrogens with zero attached hydrogens (tertiary/aromatic N) is 5. The molecule has 27 heavy (non-hydrogen) atoms. The van der Waals surface area contributed by atoms with Crippen LogP contribution in [0.4, 0.5) is 0 Å². The van der Waals surface area contributed by atoms with E-state index in [9.17, 15) is 0 Å². The predicted molar refractivity (Wildman–Crippen MR) is 114 cm³/mol. The molecule has 0 aromatic carbocycles. The van der Waals surface area contributed by atoms with Crippen molar-refractivity contribution in [1.29, 1.82) is 0 Å². The molecule has 144 valence electrons. The maximum atomic E-state index is 5.33. The van der Waals surface area contributed by atoms with Crippen LogP contribution in [0.1, 0.15) is 36.8 Å². The molecule has 9 heteroatoms. The van der Waals surface area contributed by atoms with E-state index in [-0.39, 0.29) is 24.0 Å². The van der Waals surface area contributed by atoms with Gasteiger partial charge in [0.1, 0.15) is 0 Å². The Morgan fingerprint density at radius 3 is 2.70 bits per heavy atom. The lowest BCUT2D eigenvalue weighted by atomic mass is 10.1. The Hall–Kier alpha value is -2.43. The molecule has 2 N–H and O–H groups in total. The summed E-state index contributed by atoms with van der Waals surface area (Å²) >= 11 is 0. The fraction of sp³-hybridized carbons (Fsp3) is 0.333. The van der Waals surface area contributed by atoms with Crippen molar-refractivity contribution < 1.29 is 4.52 Å². The van der Waals surface area contributed by atoms with E-state index in [1.54, 1.807) is 24.1 Å². The zero-order chi connectivity index (χ0) is 18.4. The minimum absolute atomic E-state index is 0. The van der Waals surface area contributed by atoms with Crippen molar-refractivity contribution in [3.8, 4) is 5.82 Å². The normalized spacial score (nSPS) is 11.3. The standard InChI is InChI=1S/C18H23N7O.HI/c1-13(2)16-10-15(26-24-16)12-22-18(19-3)21-11-14-5-7-20-17(9-14)25-8-4-6-23-25;/h4-10,13H,11-12H2,1-3H3,(H2,19,21,22);1H. The molecule has 3 aromatic heterocycles.